The number of halogens is 1. The number of hydrogen-bond acceptors (Lipinski definition) is 4. The van der Waals surface area contributed by atoms with E-state index in [1.54, 1.807) is 11.5 Å². The van der Waals surface area contributed by atoms with Crippen LogP contribution in [-0.4, -0.2) is 19.5 Å². The van der Waals surface area contributed by atoms with Gasteiger partial charge in [-0.05, 0) is 26.0 Å². The first-order chi connectivity index (χ1) is 9.06. The molecule has 1 aromatic carbocycles. The van der Waals surface area contributed by atoms with Crippen LogP contribution < -0.4 is 5.73 Å². The Morgan fingerprint density at radius 2 is 1.74 bits per heavy atom. The van der Waals surface area contributed by atoms with Crippen LogP contribution in [0.1, 0.15) is 11.4 Å². The summed E-state index contributed by atoms with van der Waals surface area (Å²) in [5.41, 5.74) is 9.17. The van der Waals surface area contributed by atoms with Crippen molar-refractivity contribution < 1.29 is 0 Å². The van der Waals surface area contributed by atoms with E-state index in [2.05, 4.69) is 15.0 Å². The van der Waals surface area contributed by atoms with Crippen molar-refractivity contribution in [3.05, 3.63) is 40.8 Å². The molecule has 0 atom stereocenters. The Balaban J connectivity index is 2.34. The minimum atomic E-state index is 0.348. The van der Waals surface area contributed by atoms with E-state index in [9.17, 15) is 0 Å². The molecule has 0 unspecified atom stereocenters. The van der Waals surface area contributed by atoms with Gasteiger partial charge in [0.15, 0.2) is 10.8 Å². The SMILES string of the molecule is Cc1ccc(-n2c(N)nc3nc(C)nc(Cl)c32)cc1. The minimum absolute atomic E-state index is 0.348. The molecule has 0 spiro atoms. The normalized spacial score (nSPS) is 11.1. The van der Waals surface area contributed by atoms with Crippen LogP contribution in [0.2, 0.25) is 5.15 Å². The number of nitrogens with two attached hydrogens (primary N) is 1. The summed E-state index contributed by atoms with van der Waals surface area (Å²) in [4.78, 5) is 12.6. The van der Waals surface area contributed by atoms with Crippen molar-refractivity contribution >= 4 is 28.7 Å². The van der Waals surface area contributed by atoms with Gasteiger partial charge < -0.3 is 5.73 Å². The number of rotatable bonds is 1. The molecule has 5 nitrogen and oxygen atoms in total. The molecule has 0 aliphatic heterocycles. The van der Waals surface area contributed by atoms with Gasteiger partial charge in [-0.2, -0.15) is 4.98 Å². The van der Waals surface area contributed by atoms with E-state index >= 15 is 0 Å². The maximum Gasteiger partial charge on any atom is 0.207 e. The van der Waals surface area contributed by atoms with E-state index in [1.807, 2.05) is 31.2 Å². The third kappa shape index (κ3) is 1.92. The van der Waals surface area contributed by atoms with Gasteiger partial charge in [-0.3, -0.25) is 4.57 Å². The lowest BCUT2D eigenvalue weighted by molar-refractivity contribution is 1.07. The van der Waals surface area contributed by atoms with Crippen LogP contribution in [0.25, 0.3) is 16.9 Å². The summed E-state index contributed by atoms with van der Waals surface area (Å²) in [6.45, 7) is 3.80. The lowest BCUT2D eigenvalue weighted by Crippen LogP contribution is -2.01. The molecule has 0 bridgehead atoms. The fourth-order valence-corrected chi connectivity index (χ4v) is 2.31. The maximum absolute atomic E-state index is 6.19. The molecule has 6 heteroatoms. The summed E-state index contributed by atoms with van der Waals surface area (Å²) in [6.07, 6.45) is 0. The largest absolute Gasteiger partial charge is 0.369 e. The summed E-state index contributed by atoms with van der Waals surface area (Å²) in [6, 6.07) is 7.93. The van der Waals surface area contributed by atoms with Crippen LogP contribution in [0.4, 0.5) is 5.95 Å². The zero-order valence-electron chi connectivity index (χ0n) is 10.6. The van der Waals surface area contributed by atoms with E-state index in [4.69, 9.17) is 17.3 Å². The van der Waals surface area contributed by atoms with Crippen molar-refractivity contribution in [1.29, 1.82) is 0 Å². The fourth-order valence-electron chi connectivity index (χ4n) is 2.02. The highest BCUT2D eigenvalue weighted by Crippen LogP contribution is 2.26. The van der Waals surface area contributed by atoms with Crippen LogP contribution >= 0.6 is 11.6 Å². The Labute approximate surface area is 115 Å². The van der Waals surface area contributed by atoms with Gasteiger partial charge in [0.1, 0.15) is 11.3 Å². The molecular formula is C13H12ClN5. The fraction of sp³-hybridized carbons (Fsp3) is 0.154. The molecule has 3 aromatic rings. The quantitative estimate of drug-likeness (QED) is 0.692. The van der Waals surface area contributed by atoms with Crippen molar-refractivity contribution in [2.75, 3.05) is 5.73 Å². The molecule has 19 heavy (non-hydrogen) atoms. The minimum Gasteiger partial charge on any atom is -0.369 e. The number of nitrogens with zero attached hydrogens (tertiary/aromatic N) is 4. The molecule has 96 valence electrons. The average Bonchev–Trinajstić information content (AvgIpc) is 2.66. The van der Waals surface area contributed by atoms with E-state index in [-0.39, 0.29) is 0 Å². The van der Waals surface area contributed by atoms with E-state index in [0.717, 1.165) is 5.69 Å². The highest BCUT2D eigenvalue weighted by atomic mass is 35.5. The summed E-state index contributed by atoms with van der Waals surface area (Å²) < 4.78 is 1.76. The number of aryl methyl sites for hydroxylation is 2. The molecule has 3 rings (SSSR count). The topological polar surface area (TPSA) is 69.6 Å². The Morgan fingerprint density at radius 3 is 2.42 bits per heavy atom. The second kappa shape index (κ2) is 4.20. The molecular weight excluding hydrogens is 262 g/mol. The second-order valence-electron chi connectivity index (χ2n) is 4.37. The number of hydrogen-bond donors (Lipinski definition) is 1. The van der Waals surface area contributed by atoms with Crippen molar-refractivity contribution in [1.82, 2.24) is 19.5 Å². The van der Waals surface area contributed by atoms with Gasteiger partial charge in [0.2, 0.25) is 5.95 Å². The van der Waals surface area contributed by atoms with Crippen molar-refractivity contribution in [3.63, 3.8) is 0 Å². The number of fused-ring (bicyclic) bond motifs is 1. The summed E-state index contributed by atoms with van der Waals surface area (Å²) in [5.74, 6) is 0.923. The van der Waals surface area contributed by atoms with Gasteiger partial charge in [-0.25, -0.2) is 9.97 Å². The van der Waals surface area contributed by atoms with Gasteiger partial charge in [0.25, 0.3) is 0 Å². The first-order valence-corrected chi connectivity index (χ1v) is 6.19. The Morgan fingerprint density at radius 1 is 1.05 bits per heavy atom. The molecule has 0 fully saturated rings. The molecule has 0 aliphatic rings. The maximum atomic E-state index is 6.19. The zero-order valence-corrected chi connectivity index (χ0v) is 11.3. The summed E-state index contributed by atoms with van der Waals surface area (Å²) >= 11 is 6.19. The van der Waals surface area contributed by atoms with Crippen LogP contribution in [0.3, 0.4) is 0 Å². The second-order valence-corrected chi connectivity index (χ2v) is 4.73. The molecule has 2 N–H and O–H groups in total. The standard InChI is InChI=1S/C13H12ClN5/c1-7-3-5-9(6-4-7)19-10-11(14)16-8(2)17-12(10)18-13(19)15/h3-6H,1-2H3,(H2,15,16,17,18). The summed E-state index contributed by atoms with van der Waals surface area (Å²) in [5, 5.41) is 0.354. The first-order valence-electron chi connectivity index (χ1n) is 5.81. The van der Waals surface area contributed by atoms with E-state index in [1.165, 1.54) is 5.56 Å². The predicted molar refractivity (Wildman–Crippen MR) is 75.6 cm³/mol. The van der Waals surface area contributed by atoms with Crippen molar-refractivity contribution in [2.45, 2.75) is 13.8 Å². The number of nitrogen functional groups attached to an aromatic ring is 1. The lowest BCUT2D eigenvalue weighted by atomic mass is 10.2. The molecule has 2 aromatic heterocycles. The molecule has 0 saturated carbocycles. The van der Waals surface area contributed by atoms with Crippen LogP contribution in [-0.2, 0) is 0 Å². The molecule has 0 radical (unpaired) electrons. The molecule has 2 heterocycles. The van der Waals surface area contributed by atoms with Crippen molar-refractivity contribution in [2.24, 2.45) is 0 Å². The van der Waals surface area contributed by atoms with Crippen LogP contribution in [0, 0.1) is 13.8 Å². The highest BCUT2D eigenvalue weighted by Gasteiger charge is 2.15. The Bertz CT molecular complexity index is 761. The monoisotopic (exact) mass is 273 g/mol. The van der Waals surface area contributed by atoms with E-state index in [0.29, 0.717) is 28.1 Å². The highest BCUT2D eigenvalue weighted by molar-refractivity contribution is 6.33. The van der Waals surface area contributed by atoms with Gasteiger partial charge in [0.05, 0.1) is 0 Å². The van der Waals surface area contributed by atoms with Gasteiger partial charge in [0, 0.05) is 5.69 Å². The Hall–Kier alpha value is -2.14. The zero-order chi connectivity index (χ0) is 13.6. The first kappa shape index (κ1) is 11.9. The Kier molecular flexibility index (Phi) is 2.64. The average molecular weight is 274 g/mol. The van der Waals surface area contributed by atoms with Gasteiger partial charge in [-0.1, -0.05) is 29.3 Å². The van der Waals surface area contributed by atoms with Crippen LogP contribution in [0.15, 0.2) is 24.3 Å². The molecule has 0 saturated heterocycles. The molecule has 0 amide bonds. The number of imidazole rings is 1. The number of benzene rings is 1. The smallest absolute Gasteiger partial charge is 0.207 e. The van der Waals surface area contributed by atoms with Crippen molar-refractivity contribution in [3.8, 4) is 5.69 Å². The number of anilines is 1. The van der Waals surface area contributed by atoms with Gasteiger partial charge >= 0.3 is 0 Å². The lowest BCUT2D eigenvalue weighted by Gasteiger charge is -2.07. The van der Waals surface area contributed by atoms with Gasteiger partial charge in [-0.15, -0.1) is 0 Å². The number of aromatic nitrogens is 4. The van der Waals surface area contributed by atoms with Crippen LogP contribution in [0.5, 0.6) is 0 Å². The third-order valence-corrected chi connectivity index (χ3v) is 3.16. The van der Waals surface area contributed by atoms with E-state index < -0.39 is 0 Å². The third-order valence-electron chi connectivity index (χ3n) is 2.90. The predicted octanol–water partition coefficient (Wildman–Crippen LogP) is 2.67. The molecule has 0 aliphatic carbocycles. The summed E-state index contributed by atoms with van der Waals surface area (Å²) in [7, 11) is 0.